The fourth-order valence-electron chi connectivity index (χ4n) is 8.30. The lowest BCUT2D eigenvalue weighted by molar-refractivity contribution is 0.181. The topological polar surface area (TPSA) is 40.5 Å². The number of rotatable bonds is 4. The molecule has 4 aromatic rings. The Bertz CT molecular complexity index is 1320. The van der Waals surface area contributed by atoms with Crippen LogP contribution in [-0.2, 0) is 5.41 Å². The van der Waals surface area contributed by atoms with Crippen LogP contribution in [0.4, 0.5) is 0 Å². The molecule has 0 spiro atoms. The average Bonchev–Trinajstić information content (AvgIpc) is 3.64. The van der Waals surface area contributed by atoms with Gasteiger partial charge in [0.2, 0.25) is 0 Å². The summed E-state index contributed by atoms with van der Waals surface area (Å²) in [5.41, 5.74) is 6.41. The average molecular weight is 473 g/mol. The fourth-order valence-corrected chi connectivity index (χ4v) is 8.30. The van der Waals surface area contributed by atoms with Crippen LogP contribution in [0.5, 0.6) is 11.5 Å². The van der Waals surface area contributed by atoms with Gasteiger partial charge in [0, 0.05) is 16.5 Å². The van der Waals surface area contributed by atoms with Crippen LogP contribution in [0.2, 0.25) is 0 Å². The second-order valence-electron chi connectivity index (χ2n) is 11.2. The standard InChI is InChI=1S/C34H32O2/c35-32-16-14-25(19-29(32)22-8-3-1-4-9-22)34(21-24-18-31(34)28-13-7-12-27(24)28)26-15-17-33(36)30(20-26)23-10-5-2-6-11-23/h1-6,8-11,14-17,19-20,24,27-28,31,35-36H,7,12-13,18,21H2. The van der Waals surface area contributed by atoms with E-state index >= 15 is 0 Å². The lowest BCUT2D eigenvalue weighted by Gasteiger charge is -2.44. The highest BCUT2D eigenvalue weighted by Gasteiger charge is 2.61. The molecule has 4 atom stereocenters. The van der Waals surface area contributed by atoms with Crippen molar-refractivity contribution < 1.29 is 10.2 Å². The van der Waals surface area contributed by atoms with Gasteiger partial charge in [0.15, 0.2) is 0 Å². The Kier molecular flexibility index (Phi) is 4.99. The highest BCUT2D eigenvalue weighted by atomic mass is 16.3. The molecule has 2 nitrogen and oxygen atoms in total. The van der Waals surface area contributed by atoms with Gasteiger partial charge in [-0.3, -0.25) is 0 Å². The van der Waals surface area contributed by atoms with E-state index < -0.39 is 0 Å². The first-order chi connectivity index (χ1) is 17.6. The summed E-state index contributed by atoms with van der Waals surface area (Å²) in [6, 6.07) is 33.1. The van der Waals surface area contributed by atoms with Gasteiger partial charge in [0.1, 0.15) is 11.5 Å². The third kappa shape index (κ3) is 3.17. The summed E-state index contributed by atoms with van der Waals surface area (Å²) in [5.74, 6) is 3.66. The lowest BCUT2D eigenvalue weighted by atomic mass is 9.59. The van der Waals surface area contributed by atoms with E-state index in [4.69, 9.17) is 0 Å². The predicted octanol–water partition coefficient (Wildman–Crippen LogP) is 8.17. The summed E-state index contributed by atoms with van der Waals surface area (Å²) in [6.07, 6.45) is 6.52. The number of aromatic hydroxyl groups is 2. The van der Waals surface area contributed by atoms with Gasteiger partial charge >= 0.3 is 0 Å². The first-order valence-corrected chi connectivity index (χ1v) is 13.4. The van der Waals surface area contributed by atoms with Crippen LogP contribution < -0.4 is 0 Å². The summed E-state index contributed by atoms with van der Waals surface area (Å²) in [4.78, 5) is 0. The van der Waals surface area contributed by atoms with Crippen LogP contribution in [0.25, 0.3) is 22.3 Å². The summed E-state index contributed by atoms with van der Waals surface area (Å²) >= 11 is 0. The molecule has 2 heteroatoms. The minimum atomic E-state index is -0.107. The van der Waals surface area contributed by atoms with Gasteiger partial charge in [-0.1, -0.05) is 79.2 Å². The molecule has 36 heavy (non-hydrogen) atoms. The molecule has 180 valence electrons. The number of phenols is 2. The Morgan fingerprint density at radius 1 is 0.611 bits per heavy atom. The van der Waals surface area contributed by atoms with E-state index in [1.165, 1.54) is 36.8 Å². The van der Waals surface area contributed by atoms with E-state index in [2.05, 4.69) is 48.5 Å². The molecule has 2 N–H and O–H groups in total. The number of fused-ring (bicyclic) bond motifs is 5. The number of hydrogen-bond donors (Lipinski definition) is 2. The van der Waals surface area contributed by atoms with Crippen molar-refractivity contribution in [1.29, 1.82) is 0 Å². The molecule has 0 heterocycles. The van der Waals surface area contributed by atoms with Crippen LogP contribution in [0.3, 0.4) is 0 Å². The zero-order chi connectivity index (χ0) is 24.3. The molecule has 3 aliphatic carbocycles. The minimum Gasteiger partial charge on any atom is -0.507 e. The van der Waals surface area contributed by atoms with Crippen molar-refractivity contribution in [2.45, 2.75) is 37.5 Å². The summed E-state index contributed by atoms with van der Waals surface area (Å²) in [5, 5.41) is 21.7. The summed E-state index contributed by atoms with van der Waals surface area (Å²) < 4.78 is 0. The van der Waals surface area contributed by atoms with Crippen LogP contribution in [0.15, 0.2) is 97.1 Å². The zero-order valence-electron chi connectivity index (χ0n) is 20.5. The molecule has 7 rings (SSSR count). The third-order valence-electron chi connectivity index (χ3n) is 9.71. The van der Waals surface area contributed by atoms with E-state index in [0.717, 1.165) is 46.4 Å². The van der Waals surface area contributed by atoms with Gasteiger partial charge in [-0.25, -0.2) is 0 Å². The van der Waals surface area contributed by atoms with Gasteiger partial charge < -0.3 is 10.2 Å². The quantitative estimate of drug-likeness (QED) is 0.314. The van der Waals surface area contributed by atoms with E-state index in [0.29, 0.717) is 17.4 Å². The maximum atomic E-state index is 10.9. The van der Waals surface area contributed by atoms with Crippen molar-refractivity contribution >= 4 is 0 Å². The fraction of sp³-hybridized carbons (Fsp3) is 0.294. The van der Waals surface area contributed by atoms with Crippen LogP contribution in [0, 0.1) is 23.7 Å². The Balaban J connectivity index is 1.43. The maximum Gasteiger partial charge on any atom is 0.123 e. The summed E-state index contributed by atoms with van der Waals surface area (Å²) in [7, 11) is 0. The highest BCUT2D eigenvalue weighted by Crippen LogP contribution is 2.68. The number of phenolic OH excluding ortho intramolecular Hbond substituents is 2. The SMILES string of the molecule is Oc1ccc(C2(c3ccc(O)c(-c4ccccc4)c3)CC3CC2C2CCCC32)cc1-c1ccccc1. The van der Waals surface area contributed by atoms with Crippen molar-refractivity contribution in [2.24, 2.45) is 23.7 Å². The second-order valence-corrected chi connectivity index (χ2v) is 11.2. The lowest BCUT2D eigenvalue weighted by Crippen LogP contribution is -2.40. The molecule has 0 aromatic heterocycles. The minimum absolute atomic E-state index is 0.107. The molecule has 4 aromatic carbocycles. The van der Waals surface area contributed by atoms with Gasteiger partial charge in [0.25, 0.3) is 0 Å². The Labute approximate surface area is 213 Å². The summed E-state index contributed by atoms with van der Waals surface area (Å²) in [6.45, 7) is 0. The van der Waals surface area contributed by atoms with E-state index in [-0.39, 0.29) is 5.41 Å². The first kappa shape index (κ1) is 21.7. The molecule has 3 saturated carbocycles. The Hall–Kier alpha value is -3.52. The van der Waals surface area contributed by atoms with Crippen molar-refractivity contribution in [3.8, 4) is 33.8 Å². The Morgan fingerprint density at radius 3 is 1.69 bits per heavy atom. The molecular formula is C34H32O2. The molecule has 0 amide bonds. The van der Waals surface area contributed by atoms with E-state index in [1.54, 1.807) is 0 Å². The second kappa shape index (κ2) is 8.27. The zero-order valence-corrected chi connectivity index (χ0v) is 20.5. The molecule has 0 radical (unpaired) electrons. The normalized spacial score (nSPS) is 25.7. The van der Waals surface area contributed by atoms with Crippen LogP contribution >= 0.6 is 0 Å². The smallest absolute Gasteiger partial charge is 0.123 e. The van der Waals surface area contributed by atoms with Gasteiger partial charge in [-0.2, -0.15) is 0 Å². The van der Waals surface area contributed by atoms with Gasteiger partial charge in [0.05, 0.1) is 0 Å². The molecule has 2 bridgehead atoms. The monoisotopic (exact) mass is 472 g/mol. The van der Waals surface area contributed by atoms with Crippen molar-refractivity contribution in [2.75, 3.05) is 0 Å². The predicted molar refractivity (Wildman–Crippen MR) is 145 cm³/mol. The molecule has 3 fully saturated rings. The van der Waals surface area contributed by atoms with Gasteiger partial charge in [-0.05, 0) is 95.9 Å². The van der Waals surface area contributed by atoms with Crippen molar-refractivity contribution in [3.63, 3.8) is 0 Å². The van der Waals surface area contributed by atoms with Crippen LogP contribution in [-0.4, -0.2) is 10.2 Å². The van der Waals surface area contributed by atoms with Crippen LogP contribution in [0.1, 0.15) is 43.2 Å². The highest BCUT2D eigenvalue weighted by molar-refractivity contribution is 5.74. The van der Waals surface area contributed by atoms with Crippen molar-refractivity contribution in [3.05, 3.63) is 108 Å². The molecule has 4 unspecified atom stereocenters. The third-order valence-corrected chi connectivity index (χ3v) is 9.71. The largest absolute Gasteiger partial charge is 0.507 e. The first-order valence-electron chi connectivity index (χ1n) is 13.4. The van der Waals surface area contributed by atoms with Crippen molar-refractivity contribution in [1.82, 2.24) is 0 Å². The molecule has 3 aliphatic rings. The van der Waals surface area contributed by atoms with E-state index in [9.17, 15) is 10.2 Å². The molecule has 0 saturated heterocycles. The molecule has 0 aliphatic heterocycles. The van der Waals surface area contributed by atoms with Gasteiger partial charge in [-0.15, -0.1) is 0 Å². The Morgan fingerprint density at radius 2 is 1.14 bits per heavy atom. The van der Waals surface area contributed by atoms with E-state index in [1.807, 2.05) is 48.5 Å². The number of hydrogen-bond acceptors (Lipinski definition) is 2. The maximum absolute atomic E-state index is 10.9. The number of benzene rings is 4. The molecular weight excluding hydrogens is 440 g/mol.